The number of piperazine rings is 1. The van der Waals surface area contributed by atoms with Gasteiger partial charge >= 0.3 is 11.8 Å². The Morgan fingerprint density at radius 1 is 1.08 bits per heavy atom. The van der Waals surface area contributed by atoms with Crippen LogP contribution >= 0.6 is 0 Å². The third-order valence-electron chi connectivity index (χ3n) is 6.75. The maximum Gasteiger partial charge on any atom is 0.410 e. The number of carbonyl (C=O) groups is 2. The van der Waals surface area contributed by atoms with Crippen LogP contribution in [0, 0.1) is 11.6 Å². The van der Waals surface area contributed by atoms with Crippen LogP contribution < -0.4 is 15.3 Å². The van der Waals surface area contributed by atoms with E-state index in [0.29, 0.717) is 50.5 Å². The molecule has 198 valence electrons. The van der Waals surface area contributed by atoms with E-state index in [2.05, 4.69) is 4.98 Å². The molecule has 0 radical (unpaired) electrons. The van der Waals surface area contributed by atoms with Crippen molar-refractivity contribution in [1.29, 1.82) is 0 Å². The Morgan fingerprint density at radius 2 is 1.86 bits per heavy atom. The SMILES string of the molecule is CC(C)(C)OC(=O)N1CC[C@H]1C(=O)N1CCN2c3cc(OCc4ccc(F)c(F)c4)nc(=O)n3CC2C1. The fourth-order valence-electron chi connectivity index (χ4n) is 4.86. The molecule has 1 aromatic carbocycles. The molecule has 0 N–H and O–H groups in total. The van der Waals surface area contributed by atoms with Gasteiger partial charge < -0.3 is 19.3 Å². The number of hydrogen-bond acceptors (Lipinski definition) is 7. The van der Waals surface area contributed by atoms with Crippen LogP contribution in [0.25, 0.3) is 0 Å². The summed E-state index contributed by atoms with van der Waals surface area (Å²) in [6, 6.07) is 4.44. The molecular formula is C25H29F2N5O5. The zero-order valence-electron chi connectivity index (χ0n) is 20.9. The van der Waals surface area contributed by atoms with Crippen molar-refractivity contribution in [2.75, 3.05) is 31.1 Å². The molecule has 0 saturated carbocycles. The minimum absolute atomic E-state index is 0.0751. The van der Waals surface area contributed by atoms with Gasteiger partial charge in [0, 0.05) is 32.2 Å². The maximum atomic E-state index is 13.5. The molecule has 2 amide bonds. The Bertz CT molecular complexity index is 1290. The molecule has 1 aromatic heterocycles. The standard InChI is InChI=1S/C25H29F2N5O5/c1-25(2,3)37-24(35)31-7-6-19(31)22(33)29-8-9-30-16(12-29)13-32-21(30)11-20(28-23(32)34)36-14-15-4-5-17(26)18(27)10-15/h4-5,10-11,16,19H,6-9,12-14H2,1-3H3/t16?,19-/m0/s1. The first-order valence-electron chi connectivity index (χ1n) is 12.2. The molecule has 4 heterocycles. The summed E-state index contributed by atoms with van der Waals surface area (Å²) in [6.07, 6.45) is 0.100. The molecule has 0 bridgehead atoms. The number of aromatic nitrogens is 2. The quantitative estimate of drug-likeness (QED) is 0.613. The molecule has 2 aromatic rings. The van der Waals surface area contributed by atoms with Crippen molar-refractivity contribution < 1.29 is 27.8 Å². The molecule has 3 aliphatic rings. The summed E-state index contributed by atoms with van der Waals surface area (Å²) in [5.74, 6) is -1.32. The number of fused-ring (bicyclic) bond motifs is 3. The van der Waals surface area contributed by atoms with E-state index in [0.717, 1.165) is 12.1 Å². The van der Waals surface area contributed by atoms with E-state index in [-0.39, 0.29) is 24.4 Å². The van der Waals surface area contributed by atoms with Gasteiger partial charge in [-0.25, -0.2) is 18.4 Å². The lowest BCUT2D eigenvalue weighted by atomic mass is 10.0. The van der Waals surface area contributed by atoms with Gasteiger partial charge in [0.2, 0.25) is 11.8 Å². The Kier molecular flexibility index (Phi) is 6.28. The lowest BCUT2D eigenvalue weighted by Gasteiger charge is -2.45. The number of carbonyl (C=O) groups excluding carboxylic acids is 2. The molecule has 0 spiro atoms. The number of hydrogen-bond donors (Lipinski definition) is 0. The molecule has 37 heavy (non-hydrogen) atoms. The molecule has 5 rings (SSSR count). The molecule has 3 aliphatic heterocycles. The van der Waals surface area contributed by atoms with Crippen LogP contribution in [0.4, 0.5) is 19.4 Å². The number of anilines is 1. The summed E-state index contributed by atoms with van der Waals surface area (Å²) in [4.78, 5) is 47.6. The summed E-state index contributed by atoms with van der Waals surface area (Å²) in [6.45, 7) is 7.48. The topological polar surface area (TPSA) is 97.2 Å². The second-order valence-corrected chi connectivity index (χ2v) is 10.5. The lowest BCUT2D eigenvalue weighted by molar-refractivity contribution is -0.142. The normalized spacial score (nSPS) is 20.7. The Morgan fingerprint density at radius 3 is 2.54 bits per heavy atom. The van der Waals surface area contributed by atoms with Crippen LogP contribution in [0.3, 0.4) is 0 Å². The highest BCUT2D eigenvalue weighted by Crippen LogP contribution is 2.31. The fraction of sp³-hybridized carbons (Fsp3) is 0.520. The second kappa shape index (κ2) is 9.31. The van der Waals surface area contributed by atoms with Gasteiger partial charge in [-0.15, -0.1) is 0 Å². The van der Waals surface area contributed by atoms with Crippen LogP contribution in [0.15, 0.2) is 29.1 Å². The minimum Gasteiger partial charge on any atom is -0.473 e. The van der Waals surface area contributed by atoms with Crippen LogP contribution in [-0.4, -0.2) is 75.2 Å². The zero-order chi connectivity index (χ0) is 26.5. The highest BCUT2D eigenvalue weighted by molar-refractivity contribution is 5.87. The third kappa shape index (κ3) is 4.96. The molecule has 1 unspecified atom stereocenters. The summed E-state index contributed by atoms with van der Waals surface area (Å²) < 4.78 is 39.2. The smallest absolute Gasteiger partial charge is 0.410 e. The summed E-state index contributed by atoms with van der Waals surface area (Å²) in [5.41, 5.74) is -0.719. The van der Waals surface area contributed by atoms with Gasteiger partial charge in [0.1, 0.15) is 24.1 Å². The highest BCUT2D eigenvalue weighted by Gasteiger charge is 2.44. The van der Waals surface area contributed by atoms with Crippen molar-refractivity contribution in [3.05, 3.63) is 51.9 Å². The van der Waals surface area contributed by atoms with Gasteiger partial charge in [0.25, 0.3) is 0 Å². The fourth-order valence-corrected chi connectivity index (χ4v) is 4.86. The molecular weight excluding hydrogens is 488 g/mol. The lowest BCUT2D eigenvalue weighted by Crippen LogP contribution is -2.63. The monoisotopic (exact) mass is 517 g/mol. The Labute approximate surface area is 212 Å². The van der Waals surface area contributed by atoms with Crippen LogP contribution in [0.1, 0.15) is 32.8 Å². The minimum atomic E-state index is -0.977. The third-order valence-corrected chi connectivity index (χ3v) is 6.75. The van der Waals surface area contributed by atoms with E-state index in [9.17, 15) is 23.2 Å². The highest BCUT2D eigenvalue weighted by atomic mass is 19.2. The summed E-state index contributed by atoms with van der Waals surface area (Å²) in [7, 11) is 0. The van der Waals surface area contributed by atoms with Crippen LogP contribution in [0.2, 0.25) is 0 Å². The van der Waals surface area contributed by atoms with Crippen molar-refractivity contribution in [3.8, 4) is 5.88 Å². The number of halogens is 2. The van der Waals surface area contributed by atoms with Crippen LogP contribution in [0.5, 0.6) is 5.88 Å². The van der Waals surface area contributed by atoms with Crippen molar-refractivity contribution in [3.63, 3.8) is 0 Å². The van der Waals surface area contributed by atoms with Crippen molar-refractivity contribution in [1.82, 2.24) is 19.4 Å². The average Bonchev–Trinajstić information content (AvgIpc) is 3.16. The predicted octanol–water partition coefficient (Wildman–Crippen LogP) is 2.14. The van der Waals surface area contributed by atoms with Gasteiger partial charge in [-0.1, -0.05) is 6.07 Å². The van der Waals surface area contributed by atoms with Crippen molar-refractivity contribution >= 4 is 17.8 Å². The van der Waals surface area contributed by atoms with Gasteiger partial charge in [-0.05, 0) is 44.9 Å². The Hall–Kier alpha value is -3.70. The first kappa shape index (κ1) is 25.0. The van der Waals surface area contributed by atoms with Crippen LogP contribution in [-0.2, 0) is 22.7 Å². The number of likely N-dealkylation sites (tertiary alicyclic amines) is 1. The summed E-state index contributed by atoms with van der Waals surface area (Å²) >= 11 is 0. The zero-order valence-corrected chi connectivity index (χ0v) is 20.9. The molecule has 2 atom stereocenters. The molecule has 10 nitrogen and oxygen atoms in total. The van der Waals surface area contributed by atoms with Gasteiger partial charge in [-0.3, -0.25) is 14.3 Å². The number of rotatable bonds is 4. The molecule has 2 saturated heterocycles. The maximum absolute atomic E-state index is 13.5. The van der Waals surface area contributed by atoms with E-state index >= 15 is 0 Å². The van der Waals surface area contributed by atoms with E-state index in [1.807, 2.05) is 4.90 Å². The number of nitrogens with zero attached hydrogens (tertiary/aromatic N) is 5. The van der Waals surface area contributed by atoms with E-state index in [1.165, 1.54) is 11.0 Å². The van der Waals surface area contributed by atoms with Gasteiger partial charge in [0.05, 0.1) is 12.6 Å². The first-order valence-corrected chi connectivity index (χ1v) is 12.2. The summed E-state index contributed by atoms with van der Waals surface area (Å²) in [5, 5.41) is 0. The molecule has 12 heteroatoms. The second-order valence-electron chi connectivity index (χ2n) is 10.5. The van der Waals surface area contributed by atoms with Gasteiger partial charge in [0.15, 0.2) is 11.6 Å². The Balaban J connectivity index is 1.23. The predicted molar refractivity (Wildman–Crippen MR) is 128 cm³/mol. The van der Waals surface area contributed by atoms with Crippen molar-refractivity contribution in [2.24, 2.45) is 0 Å². The number of ether oxygens (including phenoxy) is 2. The van der Waals surface area contributed by atoms with Crippen molar-refractivity contribution in [2.45, 2.75) is 58.0 Å². The van der Waals surface area contributed by atoms with E-state index in [1.54, 1.807) is 36.3 Å². The average molecular weight is 518 g/mol. The van der Waals surface area contributed by atoms with E-state index in [4.69, 9.17) is 9.47 Å². The largest absolute Gasteiger partial charge is 0.473 e. The first-order chi connectivity index (χ1) is 17.5. The number of amides is 2. The van der Waals surface area contributed by atoms with E-state index < -0.39 is 35.1 Å². The number of benzene rings is 1. The van der Waals surface area contributed by atoms with Gasteiger partial charge in [-0.2, -0.15) is 4.98 Å². The molecule has 2 fully saturated rings. The molecule has 0 aliphatic carbocycles.